The number of hydrogen-bond donors (Lipinski definition) is 2. The first-order valence-electron chi connectivity index (χ1n) is 11.4. The minimum Gasteiger partial charge on any atom is -0.368 e. The van der Waals surface area contributed by atoms with Crippen LogP contribution >= 0.6 is 0 Å². The number of nitrogens with one attached hydrogen (secondary N) is 1. The Bertz CT molecular complexity index is 1350. The maximum Gasteiger partial charge on any atom is 0.254 e. The lowest BCUT2D eigenvalue weighted by Gasteiger charge is -2.36. The largest absolute Gasteiger partial charge is 0.368 e. The summed E-state index contributed by atoms with van der Waals surface area (Å²) in [5.74, 6) is 0.0211. The van der Waals surface area contributed by atoms with Gasteiger partial charge in [0.05, 0.1) is 11.7 Å². The number of nitrogens with zero attached hydrogens (tertiary/aromatic N) is 5. The molecule has 1 atom stereocenters. The molecule has 0 unspecified atom stereocenters. The van der Waals surface area contributed by atoms with Crippen molar-refractivity contribution in [3.05, 3.63) is 90.3 Å². The zero-order valence-electron chi connectivity index (χ0n) is 18.9. The van der Waals surface area contributed by atoms with Gasteiger partial charge in [0.15, 0.2) is 0 Å². The number of halogens is 1. The smallest absolute Gasteiger partial charge is 0.254 e. The molecule has 3 heterocycles. The van der Waals surface area contributed by atoms with Gasteiger partial charge >= 0.3 is 0 Å². The first kappa shape index (κ1) is 22.4. The van der Waals surface area contributed by atoms with Gasteiger partial charge in [0.1, 0.15) is 5.82 Å². The van der Waals surface area contributed by atoms with Gasteiger partial charge in [0.2, 0.25) is 11.9 Å². The second-order valence-electron chi connectivity index (χ2n) is 8.30. The van der Waals surface area contributed by atoms with E-state index in [0.29, 0.717) is 47.0 Å². The number of likely N-dealkylation sites (tertiary alicyclic amines) is 1. The van der Waals surface area contributed by atoms with Gasteiger partial charge in [-0.05, 0) is 49.6 Å². The van der Waals surface area contributed by atoms with Crippen molar-refractivity contribution in [2.45, 2.75) is 25.3 Å². The second kappa shape index (κ2) is 9.84. The first-order chi connectivity index (χ1) is 17.1. The van der Waals surface area contributed by atoms with Gasteiger partial charge in [-0.2, -0.15) is 0 Å². The minimum atomic E-state index is -0.377. The van der Waals surface area contributed by atoms with Gasteiger partial charge in [-0.1, -0.05) is 24.3 Å². The van der Waals surface area contributed by atoms with E-state index in [1.54, 1.807) is 53.7 Å². The Morgan fingerprint density at radius 1 is 1.00 bits per heavy atom. The summed E-state index contributed by atoms with van der Waals surface area (Å²) in [6, 6.07) is 15.1. The highest BCUT2D eigenvalue weighted by atomic mass is 19.1. The van der Waals surface area contributed by atoms with Crippen LogP contribution in [0, 0.1) is 5.82 Å². The maximum absolute atomic E-state index is 14.7. The number of aromatic nitrogens is 4. The molecule has 0 aliphatic carbocycles. The Labute approximate surface area is 202 Å². The highest BCUT2D eigenvalue weighted by Crippen LogP contribution is 2.37. The maximum atomic E-state index is 14.7. The van der Waals surface area contributed by atoms with Gasteiger partial charge in [-0.25, -0.2) is 24.3 Å². The molecule has 9 heteroatoms. The van der Waals surface area contributed by atoms with Crippen molar-refractivity contribution in [2.75, 3.05) is 17.6 Å². The molecular weight excluding hydrogens is 445 g/mol. The van der Waals surface area contributed by atoms with Crippen LogP contribution in [0.4, 0.5) is 22.0 Å². The Kier molecular flexibility index (Phi) is 6.30. The van der Waals surface area contributed by atoms with E-state index in [4.69, 9.17) is 5.73 Å². The topological polar surface area (TPSA) is 110 Å². The van der Waals surface area contributed by atoms with Crippen LogP contribution in [0.3, 0.4) is 0 Å². The number of hydrogen-bond acceptors (Lipinski definition) is 7. The fourth-order valence-corrected chi connectivity index (χ4v) is 4.40. The summed E-state index contributed by atoms with van der Waals surface area (Å²) in [5, 5.41) is 3.12. The van der Waals surface area contributed by atoms with Crippen LogP contribution in [0.25, 0.3) is 11.1 Å². The summed E-state index contributed by atoms with van der Waals surface area (Å²) >= 11 is 0. The number of piperidine rings is 1. The molecule has 3 N–H and O–H groups in total. The fraction of sp³-hybridized carbons (Fsp3) is 0.192. The molecule has 1 fully saturated rings. The molecular formula is C26H24FN7O. The summed E-state index contributed by atoms with van der Waals surface area (Å²) in [4.78, 5) is 32.4. The van der Waals surface area contributed by atoms with Crippen molar-refractivity contribution in [3.8, 4) is 11.1 Å². The Hall–Kier alpha value is -4.40. The van der Waals surface area contributed by atoms with E-state index in [1.165, 1.54) is 12.3 Å². The molecule has 2 aromatic carbocycles. The minimum absolute atomic E-state index is 0.0899. The molecule has 8 nitrogen and oxygen atoms in total. The number of carbonyl (C=O) groups excluding carboxylic acids is 1. The molecule has 1 aliphatic rings. The van der Waals surface area contributed by atoms with E-state index in [2.05, 4.69) is 25.3 Å². The van der Waals surface area contributed by atoms with Crippen molar-refractivity contribution in [1.29, 1.82) is 0 Å². The van der Waals surface area contributed by atoms with Crippen LogP contribution in [-0.2, 0) is 0 Å². The summed E-state index contributed by atoms with van der Waals surface area (Å²) < 4.78 is 14.7. The van der Waals surface area contributed by atoms with E-state index in [-0.39, 0.29) is 23.7 Å². The fourth-order valence-electron chi connectivity index (χ4n) is 4.40. The molecule has 0 spiro atoms. The normalized spacial score (nSPS) is 15.6. The number of carbonyl (C=O) groups is 1. The van der Waals surface area contributed by atoms with Crippen molar-refractivity contribution in [2.24, 2.45) is 0 Å². The lowest BCUT2D eigenvalue weighted by Crippen LogP contribution is -2.39. The Morgan fingerprint density at radius 2 is 1.83 bits per heavy atom. The number of benzene rings is 2. The predicted octanol–water partition coefficient (Wildman–Crippen LogP) is 4.77. The highest BCUT2D eigenvalue weighted by Gasteiger charge is 2.32. The van der Waals surface area contributed by atoms with Gasteiger partial charge in [-0.15, -0.1) is 0 Å². The molecule has 1 saturated heterocycles. The van der Waals surface area contributed by atoms with E-state index in [9.17, 15) is 9.18 Å². The number of rotatable bonds is 5. The monoisotopic (exact) mass is 469 g/mol. The van der Waals surface area contributed by atoms with E-state index in [0.717, 1.165) is 12.8 Å². The predicted molar refractivity (Wildman–Crippen MR) is 131 cm³/mol. The number of amides is 1. The number of nitrogens with two attached hydrogens (primary N) is 1. The molecule has 0 bridgehead atoms. The molecule has 1 amide bonds. The number of nitrogen functional groups attached to an aromatic ring is 1. The summed E-state index contributed by atoms with van der Waals surface area (Å²) in [6.45, 7) is 0.559. The van der Waals surface area contributed by atoms with Gasteiger partial charge in [-0.3, -0.25) is 4.79 Å². The van der Waals surface area contributed by atoms with Crippen LogP contribution in [0.5, 0.6) is 0 Å². The summed E-state index contributed by atoms with van der Waals surface area (Å²) in [5.41, 5.74) is 8.64. The number of anilines is 3. The molecule has 1 aliphatic heterocycles. The zero-order valence-corrected chi connectivity index (χ0v) is 18.9. The summed E-state index contributed by atoms with van der Waals surface area (Å²) in [6.07, 6.45) is 7.30. The lowest BCUT2D eigenvalue weighted by molar-refractivity contribution is 0.0607. The average molecular weight is 470 g/mol. The SMILES string of the molecule is Nc1ncc(-c2ccccc2F)c([C@@H]2CCCCN2C(=O)c2cccc(Nc3ncccn3)c2)n1. The van der Waals surface area contributed by atoms with Crippen LogP contribution in [-0.4, -0.2) is 37.3 Å². The van der Waals surface area contributed by atoms with Crippen molar-refractivity contribution < 1.29 is 9.18 Å². The van der Waals surface area contributed by atoms with E-state index in [1.807, 2.05) is 12.1 Å². The molecule has 0 saturated carbocycles. The van der Waals surface area contributed by atoms with Crippen molar-refractivity contribution >= 4 is 23.5 Å². The third-order valence-electron chi connectivity index (χ3n) is 6.01. The Morgan fingerprint density at radius 3 is 2.66 bits per heavy atom. The van der Waals surface area contributed by atoms with Crippen LogP contribution in [0.2, 0.25) is 0 Å². The quantitative estimate of drug-likeness (QED) is 0.433. The molecule has 35 heavy (non-hydrogen) atoms. The lowest BCUT2D eigenvalue weighted by atomic mass is 9.93. The van der Waals surface area contributed by atoms with E-state index >= 15 is 0 Å². The first-order valence-corrected chi connectivity index (χ1v) is 11.4. The van der Waals surface area contributed by atoms with Gasteiger partial charge in [0.25, 0.3) is 5.91 Å². The molecule has 4 aromatic rings. The van der Waals surface area contributed by atoms with Gasteiger partial charge in [0, 0.05) is 47.5 Å². The standard InChI is InChI=1S/C26H24FN7O/c27-21-10-2-1-9-19(21)20-16-31-25(28)33-23(20)22-11-3-4-14-34(22)24(35)17-7-5-8-18(15-17)32-26-29-12-6-13-30-26/h1-2,5-10,12-13,15-16,22H,3-4,11,14H2,(H2,28,31,33)(H,29,30,32)/t22-/m0/s1. The summed E-state index contributed by atoms with van der Waals surface area (Å²) in [7, 11) is 0. The molecule has 2 aromatic heterocycles. The Balaban J connectivity index is 1.49. The van der Waals surface area contributed by atoms with E-state index < -0.39 is 0 Å². The highest BCUT2D eigenvalue weighted by molar-refractivity contribution is 5.95. The van der Waals surface area contributed by atoms with Gasteiger partial charge < -0.3 is 16.0 Å². The molecule has 5 rings (SSSR count). The van der Waals surface area contributed by atoms with Crippen LogP contribution in [0.15, 0.2) is 73.2 Å². The van der Waals surface area contributed by atoms with Crippen molar-refractivity contribution in [1.82, 2.24) is 24.8 Å². The average Bonchev–Trinajstić information content (AvgIpc) is 2.89. The third-order valence-corrected chi connectivity index (χ3v) is 6.01. The molecule has 0 radical (unpaired) electrons. The zero-order chi connectivity index (χ0) is 24.2. The van der Waals surface area contributed by atoms with Crippen molar-refractivity contribution in [3.63, 3.8) is 0 Å². The third kappa shape index (κ3) is 4.79. The molecule has 176 valence electrons. The van der Waals surface area contributed by atoms with Crippen LogP contribution in [0.1, 0.15) is 41.4 Å². The second-order valence-corrected chi connectivity index (χ2v) is 8.30. The van der Waals surface area contributed by atoms with Crippen LogP contribution < -0.4 is 11.1 Å².